The van der Waals surface area contributed by atoms with Gasteiger partial charge in [0.05, 0.1) is 11.6 Å². The molecule has 4 aromatic rings. The molecule has 1 aliphatic rings. The lowest BCUT2D eigenvalue weighted by Gasteiger charge is -2.19. The number of amides is 2. The van der Waals surface area contributed by atoms with Crippen LogP contribution in [0.1, 0.15) is 23.2 Å². The van der Waals surface area contributed by atoms with Gasteiger partial charge >= 0.3 is 0 Å². The molecule has 1 fully saturated rings. The Hall–Kier alpha value is -4.72. The van der Waals surface area contributed by atoms with Gasteiger partial charge in [-0.15, -0.1) is 0 Å². The predicted molar refractivity (Wildman–Crippen MR) is 151 cm³/mol. The fourth-order valence-electron chi connectivity index (χ4n) is 4.37. The minimum absolute atomic E-state index is 0.0695. The number of anilines is 6. The Bertz CT molecular complexity index is 1450. The predicted octanol–water partition coefficient (Wildman–Crippen LogP) is 5.88. The summed E-state index contributed by atoms with van der Waals surface area (Å²) in [6.45, 7) is 6.20. The molecule has 38 heavy (non-hydrogen) atoms. The van der Waals surface area contributed by atoms with Gasteiger partial charge in [-0.25, -0.2) is 4.98 Å². The van der Waals surface area contributed by atoms with Crippen LogP contribution in [-0.4, -0.2) is 28.3 Å². The second-order valence-electron chi connectivity index (χ2n) is 9.57. The van der Waals surface area contributed by atoms with Gasteiger partial charge in [0.15, 0.2) is 5.82 Å². The molecule has 5 rings (SSSR count). The minimum Gasteiger partial charge on any atom is -0.338 e. The van der Waals surface area contributed by atoms with Crippen molar-refractivity contribution in [3.05, 3.63) is 95.7 Å². The number of carbonyl (C=O) groups is 2. The third-order valence-corrected chi connectivity index (χ3v) is 6.52. The van der Waals surface area contributed by atoms with Crippen molar-refractivity contribution in [2.75, 3.05) is 27.4 Å². The fraction of sp³-hybridized carbons (Fsp3) is 0.200. The first-order chi connectivity index (χ1) is 18.4. The molecular weight excluding hydrogens is 476 g/mol. The van der Waals surface area contributed by atoms with Crippen molar-refractivity contribution in [3.63, 3.8) is 0 Å². The van der Waals surface area contributed by atoms with Crippen LogP contribution in [0.15, 0.2) is 78.9 Å². The van der Waals surface area contributed by atoms with E-state index in [2.05, 4.69) is 20.9 Å². The van der Waals surface area contributed by atoms with E-state index in [1.807, 2.05) is 99.6 Å². The Kier molecular flexibility index (Phi) is 7.04. The number of aryl methyl sites for hydroxylation is 3. The maximum absolute atomic E-state index is 13.4. The summed E-state index contributed by atoms with van der Waals surface area (Å²) in [7, 11) is 0. The van der Waals surface area contributed by atoms with E-state index >= 15 is 0 Å². The van der Waals surface area contributed by atoms with E-state index in [0.29, 0.717) is 29.7 Å². The Morgan fingerprint density at radius 3 is 2.05 bits per heavy atom. The van der Waals surface area contributed by atoms with E-state index < -0.39 is 5.92 Å². The molecule has 8 heteroatoms. The quantitative estimate of drug-likeness (QED) is 0.289. The highest BCUT2D eigenvalue weighted by Gasteiger charge is 2.35. The van der Waals surface area contributed by atoms with Crippen molar-refractivity contribution < 1.29 is 9.59 Å². The molecule has 3 aromatic carbocycles. The fourth-order valence-corrected chi connectivity index (χ4v) is 4.37. The third-order valence-electron chi connectivity index (χ3n) is 6.52. The van der Waals surface area contributed by atoms with Crippen LogP contribution in [-0.2, 0) is 9.59 Å². The van der Waals surface area contributed by atoms with Crippen LogP contribution in [0.4, 0.5) is 34.5 Å². The summed E-state index contributed by atoms with van der Waals surface area (Å²) < 4.78 is 0. The normalized spacial score (nSPS) is 14.9. The first-order valence-electron chi connectivity index (χ1n) is 12.6. The number of hydrogen-bond acceptors (Lipinski definition) is 6. The van der Waals surface area contributed by atoms with Crippen molar-refractivity contribution in [3.8, 4) is 0 Å². The molecule has 3 N–H and O–H groups in total. The summed E-state index contributed by atoms with van der Waals surface area (Å²) in [6.07, 6.45) is 0.147. The van der Waals surface area contributed by atoms with Crippen LogP contribution < -0.4 is 20.9 Å². The molecule has 1 unspecified atom stereocenters. The smallest absolute Gasteiger partial charge is 0.229 e. The average Bonchev–Trinajstić information content (AvgIpc) is 3.31. The van der Waals surface area contributed by atoms with Crippen molar-refractivity contribution >= 4 is 46.3 Å². The lowest BCUT2D eigenvalue weighted by Crippen LogP contribution is -2.28. The molecule has 0 radical (unpaired) electrons. The molecule has 1 aromatic heterocycles. The van der Waals surface area contributed by atoms with Gasteiger partial charge in [0.25, 0.3) is 0 Å². The van der Waals surface area contributed by atoms with E-state index in [4.69, 9.17) is 4.98 Å². The van der Waals surface area contributed by atoms with Crippen LogP contribution in [0.25, 0.3) is 0 Å². The van der Waals surface area contributed by atoms with Gasteiger partial charge in [-0.1, -0.05) is 53.6 Å². The average molecular weight is 507 g/mol. The van der Waals surface area contributed by atoms with Gasteiger partial charge in [-0.2, -0.15) is 4.98 Å². The van der Waals surface area contributed by atoms with E-state index in [1.54, 1.807) is 4.90 Å². The van der Waals surface area contributed by atoms with Crippen molar-refractivity contribution in [2.24, 2.45) is 5.92 Å². The Labute approximate surface area is 222 Å². The first-order valence-corrected chi connectivity index (χ1v) is 12.6. The topological polar surface area (TPSA) is 99.2 Å². The standard InChI is InChI=1S/C30H30N6O2/c1-19-9-13-23(14-10-19)32-28-27(21(3)31-30(35-28)33-24-15-11-20(2)12-16-24)34-29(38)22-17-26(37)36(18-22)25-7-5-4-6-8-25/h4-16,22H,17-18H2,1-3H3,(H,34,38)(H2,31,32,33,35). The molecule has 0 spiro atoms. The van der Waals surface area contributed by atoms with E-state index in [-0.39, 0.29) is 18.2 Å². The second kappa shape index (κ2) is 10.7. The van der Waals surface area contributed by atoms with Gasteiger partial charge in [-0.05, 0) is 57.2 Å². The maximum Gasteiger partial charge on any atom is 0.229 e. The van der Waals surface area contributed by atoms with Gasteiger partial charge in [-0.3, -0.25) is 9.59 Å². The van der Waals surface area contributed by atoms with Gasteiger partial charge in [0, 0.05) is 30.0 Å². The van der Waals surface area contributed by atoms with Crippen LogP contribution in [0.5, 0.6) is 0 Å². The molecule has 0 bridgehead atoms. The van der Waals surface area contributed by atoms with Gasteiger partial charge in [0.1, 0.15) is 5.69 Å². The van der Waals surface area contributed by atoms with Crippen molar-refractivity contribution in [1.29, 1.82) is 0 Å². The molecule has 0 saturated carbocycles. The highest BCUT2D eigenvalue weighted by atomic mass is 16.2. The van der Waals surface area contributed by atoms with Crippen LogP contribution >= 0.6 is 0 Å². The van der Waals surface area contributed by atoms with Crippen LogP contribution in [0.2, 0.25) is 0 Å². The molecule has 2 amide bonds. The second-order valence-corrected chi connectivity index (χ2v) is 9.57. The molecule has 8 nitrogen and oxygen atoms in total. The first kappa shape index (κ1) is 25.0. The number of rotatable bonds is 7. The lowest BCUT2D eigenvalue weighted by atomic mass is 10.1. The number of benzene rings is 3. The third kappa shape index (κ3) is 5.64. The number of carbonyl (C=O) groups excluding carboxylic acids is 2. The number of nitrogens with one attached hydrogen (secondary N) is 3. The highest BCUT2D eigenvalue weighted by molar-refractivity contribution is 6.04. The SMILES string of the molecule is Cc1ccc(Nc2nc(C)c(NC(=O)C3CC(=O)N(c4ccccc4)C3)c(Nc3ccc(C)cc3)n2)cc1. The van der Waals surface area contributed by atoms with Gasteiger partial charge in [0.2, 0.25) is 17.8 Å². The summed E-state index contributed by atoms with van der Waals surface area (Å²) in [4.78, 5) is 37.0. The zero-order valence-electron chi connectivity index (χ0n) is 21.7. The Morgan fingerprint density at radius 1 is 0.816 bits per heavy atom. The summed E-state index contributed by atoms with van der Waals surface area (Å²) >= 11 is 0. The number of para-hydroxylation sites is 1. The molecule has 1 atom stereocenters. The lowest BCUT2D eigenvalue weighted by molar-refractivity contribution is -0.122. The van der Waals surface area contributed by atoms with E-state index in [1.165, 1.54) is 0 Å². The summed E-state index contributed by atoms with van der Waals surface area (Å²) in [5.74, 6) is 0.0770. The zero-order chi connectivity index (χ0) is 26.6. The van der Waals surface area contributed by atoms with Gasteiger partial charge < -0.3 is 20.9 Å². The molecule has 0 aliphatic carbocycles. The molecule has 1 aliphatic heterocycles. The summed E-state index contributed by atoms with van der Waals surface area (Å²) in [5, 5.41) is 9.59. The highest BCUT2D eigenvalue weighted by Crippen LogP contribution is 2.31. The molecular formula is C30H30N6O2. The largest absolute Gasteiger partial charge is 0.338 e. The monoisotopic (exact) mass is 506 g/mol. The number of aromatic nitrogens is 2. The summed E-state index contributed by atoms with van der Waals surface area (Å²) in [6, 6.07) is 25.3. The van der Waals surface area contributed by atoms with Crippen molar-refractivity contribution in [2.45, 2.75) is 27.2 Å². The van der Waals surface area contributed by atoms with Crippen LogP contribution in [0.3, 0.4) is 0 Å². The Balaban J connectivity index is 1.41. The number of nitrogens with zero attached hydrogens (tertiary/aromatic N) is 3. The molecule has 1 saturated heterocycles. The van der Waals surface area contributed by atoms with E-state index in [9.17, 15) is 9.59 Å². The maximum atomic E-state index is 13.4. The Morgan fingerprint density at radius 2 is 1.42 bits per heavy atom. The molecule has 2 heterocycles. The number of hydrogen-bond donors (Lipinski definition) is 3. The molecule has 192 valence electrons. The van der Waals surface area contributed by atoms with Crippen LogP contribution in [0, 0.1) is 26.7 Å². The summed E-state index contributed by atoms with van der Waals surface area (Å²) in [5.41, 5.74) is 5.86. The zero-order valence-corrected chi connectivity index (χ0v) is 21.7. The minimum atomic E-state index is -0.486. The van der Waals surface area contributed by atoms with Crippen molar-refractivity contribution in [1.82, 2.24) is 9.97 Å². The van der Waals surface area contributed by atoms with E-state index in [0.717, 1.165) is 28.2 Å².